The zero-order chi connectivity index (χ0) is 28.9. The quantitative estimate of drug-likeness (QED) is 0.253. The Bertz CT molecular complexity index is 1460. The smallest absolute Gasteiger partial charge is 0.332 e. The Labute approximate surface area is 220 Å². The molecule has 0 radical (unpaired) electrons. The molecule has 1 heterocycles. The first-order chi connectivity index (χ1) is 17.4. The van der Waals surface area contributed by atoms with Gasteiger partial charge in [-0.1, -0.05) is 12.1 Å². The van der Waals surface area contributed by atoms with E-state index in [9.17, 15) is 25.5 Å². The number of nitrogens with one attached hydrogen (secondary N) is 2. The van der Waals surface area contributed by atoms with Crippen molar-refractivity contribution in [1.29, 1.82) is 0 Å². The molecule has 2 amide bonds. The number of anilines is 2. The molecule has 0 unspecified atom stereocenters. The van der Waals surface area contributed by atoms with Crippen molar-refractivity contribution in [3.8, 4) is 0 Å². The summed E-state index contributed by atoms with van der Waals surface area (Å²) >= 11 is 0. The number of guanidine groups is 2. The van der Waals surface area contributed by atoms with Gasteiger partial charge < -0.3 is 22.1 Å². The molecule has 0 aromatic heterocycles. The standard InChI is InChI=1S/C20H24FN7O3S.C2H6O3S/c1-12-10-14(6-9-16(12)32(21,30)31)25-19(29)24-11-13-4-7-15(8-5-13)28-18(23)26-17(22)27-20(28,2)3;1-2-6(3,4)5/h4-10H,11H2,1-3H3,(H2,24,25,29)(H4,22,23,26,27);2H2,1H3,(H,3,4,5). The molecule has 0 atom stereocenters. The van der Waals surface area contributed by atoms with Gasteiger partial charge in [-0.3, -0.25) is 9.45 Å². The van der Waals surface area contributed by atoms with E-state index in [1.54, 1.807) is 4.90 Å². The Balaban J connectivity index is 0.000000757. The minimum atomic E-state index is -4.81. The summed E-state index contributed by atoms with van der Waals surface area (Å²) in [5, 5.41) is 5.28. The van der Waals surface area contributed by atoms with E-state index in [1.807, 2.05) is 38.1 Å². The number of carbonyl (C=O) groups is 1. The SMILES string of the molecule is CCS(=O)(=O)O.Cc1cc(NC(=O)NCc2ccc(N3C(N)=NC(N)=NC3(C)C)cc2)ccc1S(=O)(=O)F. The van der Waals surface area contributed by atoms with Crippen molar-refractivity contribution in [1.82, 2.24) is 5.32 Å². The van der Waals surface area contributed by atoms with Crippen LogP contribution in [-0.2, 0) is 26.9 Å². The lowest BCUT2D eigenvalue weighted by Crippen LogP contribution is -2.54. The van der Waals surface area contributed by atoms with Crippen LogP contribution in [0, 0.1) is 6.92 Å². The van der Waals surface area contributed by atoms with Gasteiger partial charge in [0.2, 0.25) is 11.9 Å². The number of aliphatic imine (C=N–C) groups is 2. The number of rotatable bonds is 6. The molecule has 2 aromatic carbocycles. The summed E-state index contributed by atoms with van der Waals surface area (Å²) in [5.74, 6) is 0.147. The van der Waals surface area contributed by atoms with Crippen LogP contribution in [0.4, 0.5) is 20.1 Å². The summed E-state index contributed by atoms with van der Waals surface area (Å²) in [4.78, 5) is 21.8. The van der Waals surface area contributed by atoms with Gasteiger partial charge in [-0.2, -0.15) is 21.8 Å². The summed E-state index contributed by atoms with van der Waals surface area (Å²) in [5.41, 5.74) is 13.1. The lowest BCUT2D eigenvalue weighted by atomic mass is 10.1. The van der Waals surface area contributed by atoms with Crippen LogP contribution < -0.4 is 27.0 Å². The van der Waals surface area contributed by atoms with Gasteiger partial charge in [-0.05, 0) is 69.2 Å². The third-order valence-electron chi connectivity index (χ3n) is 5.10. The summed E-state index contributed by atoms with van der Waals surface area (Å²) < 4.78 is 62.2. The summed E-state index contributed by atoms with van der Waals surface area (Å²) in [6.07, 6.45) is 0. The van der Waals surface area contributed by atoms with E-state index in [0.717, 1.165) is 17.3 Å². The van der Waals surface area contributed by atoms with Gasteiger partial charge in [0, 0.05) is 17.9 Å². The molecule has 2 aromatic rings. The van der Waals surface area contributed by atoms with Crippen molar-refractivity contribution in [3.63, 3.8) is 0 Å². The highest BCUT2D eigenvalue weighted by molar-refractivity contribution is 7.86. The molecule has 0 aliphatic carbocycles. The highest BCUT2D eigenvalue weighted by atomic mass is 32.3. The van der Waals surface area contributed by atoms with Gasteiger partial charge in [0.15, 0.2) is 0 Å². The third-order valence-corrected chi connectivity index (χ3v) is 6.81. The van der Waals surface area contributed by atoms with Crippen molar-refractivity contribution in [2.75, 3.05) is 16.0 Å². The molecule has 7 N–H and O–H groups in total. The maximum atomic E-state index is 13.2. The highest BCUT2D eigenvalue weighted by Crippen LogP contribution is 2.27. The fourth-order valence-electron chi connectivity index (χ4n) is 3.37. The molecule has 0 spiro atoms. The zero-order valence-corrected chi connectivity index (χ0v) is 22.8. The molecule has 0 saturated carbocycles. The van der Waals surface area contributed by atoms with Crippen LogP contribution in [-0.4, -0.2) is 50.8 Å². The Morgan fingerprint density at radius 1 is 1.11 bits per heavy atom. The fourth-order valence-corrected chi connectivity index (χ4v) is 4.05. The monoisotopic (exact) mass is 571 g/mol. The predicted molar refractivity (Wildman–Crippen MR) is 144 cm³/mol. The number of carbonyl (C=O) groups excluding carboxylic acids is 1. The van der Waals surface area contributed by atoms with E-state index in [1.165, 1.54) is 26.0 Å². The molecular weight excluding hydrogens is 541 g/mol. The first kappa shape index (κ1) is 30.5. The number of hydrogen-bond donors (Lipinski definition) is 5. The Morgan fingerprint density at radius 3 is 2.16 bits per heavy atom. The Morgan fingerprint density at radius 2 is 1.68 bits per heavy atom. The van der Waals surface area contributed by atoms with Crippen LogP contribution in [0.25, 0.3) is 0 Å². The van der Waals surface area contributed by atoms with Crippen molar-refractivity contribution in [2.24, 2.45) is 21.5 Å². The fraction of sp³-hybridized carbons (Fsp3) is 0.318. The van der Waals surface area contributed by atoms with Crippen molar-refractivity contribution in [2.45, 2.75) is 44.8 Å². The molecule has 38 heavy (non-hydrogen) atoms. The van der Waals surface area contributed by atoms with Crippen LogP contribution in [0.15, 0.2) is 57.3 Å². The molecule has 0 saturated heterocycles. The van der Waals surface area contributed by atoms with E-state index >= 15 is 0 Å². The first-order valence-electron chi connectivity index (χ1n) is 11.1. The average Bonchev–Trinajstić information content (AvgIpc) is 2.76. The minimum Gasteiger partial charge on any atom is -0.369 e. The van der Waals surface area contributed by atoms with Gasteiger partial charge in [0.05, 0.1) is 5.75 Å². The molecule has 1 aliphatic heterocycles. The number of halogens is 1. The summed E-state index contributed by atoms with van der Waals surface area (Å²) in [7, 11) is -8.47. The molecule has 208 valence electrons. The highest BCUT2D eigenvalue weighted by Gasteiger charge is 2.32. The second-order valence-corrected chi connectivity index (χ2v) is 11.6. The van der Waals surface area contributed by atoms with E-state index < -0.39 is 36.9 Å². The van der Waals surface area contributed by atoms with Crippen LogP contribution in [0.3, 0.4) is 0 Å². The topological polar surface area (TPSA) is 210 Å². The first-order valence-corrected chi connectivity index (χ1v) is 14.1. The van der Waals surface area contributed by atoms with Crippen LogP contribution in [0.1, 0.15) is 31.9 Å². The summed E-state index contributed by atoms with van der Waals surface area (Å²) in [6.45, 7) is 6.77. The lowest BCUT2D eigenvalue weighted by molar-refractivity contribution is 0.251. The number of benzene rings is 2. The molecule has 1 aliphatic rings. The Hall–Kier alpha value is -3.76. The number of nitrogens with two attached hydrogens (primary N) is 2. The maximum absolute atomic E-state index is 13.2. The summed E-state index contributed by atoms with van der Waals surface area (Å²) in [6, 6.07) is 10.6. The van der Waals surface area contributed by atoms with Crippen molar-refractivity contribution >= 4 is 49.7 Å². The zero-order valence-electron chi connectivity index (χ0n) is 21.1. The maximum Gasteiger partial charge on any atom is 0.332 e. The molecule has 0 bridgehead atoms. The van der Waals surface area contributed by atoms with Gasteiger partial charge in [0.1, 0.15) is 10.6 Å². The second kappa shape index (κ2) is 11.7. The van der Waals surface area contributed by atoms with Gasteiger partial charge in [-0.15, -0.1) is 3.89 Å². The van der Waals surface area contributed by atoms with Crippen LogP contribution in [0.2, 0.25) is 0 Å². The Kier molecular flexibility index (Phi) is 9.41. The van der Waals surface area contributed by atoms with Crippen LogP contribution >= 0.6 is 0 Å². The van der Waals surface area contributed by atoms with E-state index in [-0.39, 0.29) is 29.8 Å². The predicted octanol–water partition coefficient (Wildman–Crippen LogP) is 2.05. The van der Waals surface area contributed by atoms with E-state index in [4.69, 9.17) is 16.0 Å². The lowest BCUT2D eigenvalue weighted by Gasteiger charge is -2.38. The minimum absolute atomic E-state index is 0.117. The molecule has 0 fully saturated rings. The average molecular weight is 572 g/mol. The number of amides is 2. The molecular formula is C22H30FN7O6S2. The van der Waals surface area contributed by atoms with Crippen LogP contribution in [0.5, 0.6) is 0 Å². The van der Waals surface area contributed by atoms with E-state index in [0.29, 0.717) is 5.69 Å². The normalized spacial score (nSPS) is 14.9. The molecule has 3 rings (SSSR count). The number of aryl methyl sites for hydroxylation is 1. The molecule has 16 heteroatoms. The van der Waals surface area contributed by atoms with E-state index in [2.05, 4.69) is 20.6 Å². The molecule has 13 nitrogen and oxygen atoms in total. The number of hydrogen-bond acceptors (Lipinski definition) is 10. The van der Waals surface area contributed by atoms with Gasteiger partial charge in [-0.25, -0.2) is 9.79 Å². The third kappa shape index (κ3) is 8.67. The largest absolute Gasteiger partial charge is 0.369 e. The van der Waals surface area contributed by atoms with Gasteiger partial charge >= 0.3 is 16.3 Å². The second-order valence-electron chi connectivity index (χ2n) is 8.53. The van der Waals surface area contributed by atoms with Crippen molar-refractivity contribution < 1.29 is 30.1 Å². The number of urea groups is 1. The van der Waals surface area contributed by atoms with Crippen molar-refractivity contribution in [3.05, 3.63) is 53.6 Å². The van der Waals surface area contributed by atoms with Gasteiger partial charge in [0.25, 0.3) is 10.1 Å². The number of nitrogens with zero attached hydrogens (tertiary/aromatic N) is 3.